The molecule has 0 amide bonds. The molecule has 30 heavy (non-hydrogen) atoms. The topological polar surface area (TPSA) is 28.7 Å². The lowest BCUT2D eigenvalue weighted by Gasteiger charge is -2.05. The third-order valence-corrected chi connectivity index (χ3v) is 5.08. The van der Waals surface area contributed by atoms with Crippen molar-refractivity contribution in [1.29, 1.82) is 0 Å². The Hall–Kier alpha value is -3.65. The summed E-state index contributed by atoms with van der Waals surface area (Å²) in [4.78, 5) is 8.64. The quantitative estimate of drug-likeness (QED) is 0.370. The number of imidazole rings is 1. The van der Waals surface area contributed by atoms with E-state index in [9.17, 15) is 0 Å². The molecule has 0 aliphatic rings. The molecule has 3 aromatic carbocycles. The number of nitrogens with zero attached hydrogens (tertiary/aromatic N) is 1. The molecule has 0 bridgehead atoms. The normalized spacial score (nSPS) is 11.6. The molecule has 2 heteroatoms. The minimum Gasteiger partial charge on any atom is -0.337 e. The summed E-state index contributed by atoms with van der Waals surface area (Å²) in [6.45, 7) is 6.17. The van der Waals surface area contributed by atoms with E-state index in [0.717, 1.165) is 33.9 Å². The molecule has 0 saturated carbocycles. The number of aromatic amines is 1. The maximum Gasteiger partial charge on any atom is 0.138 e. The van der Waals surface area contributed by atoms with Crippen LogP contribution in [0.1, 0.15) is 30.5 Å². The molecular formula is C28H26N2. The fourth-order valence-corrected chi connectivity index (χ4v) is 3.61. The summed E-state index contributed by atoms with van der Waals surface area (Å²) in [5.74, 6) is 0.882. The Bertz CT molecular complexity index is 1130. The highest BCUT2D eigenvalue weighted by atomic mass is 14.9. The maximum absolute atomic E-state index is 5.04. The molecule has 0 fully saturated rings. The second-order valence-electron chi connectivity index (χ2n) is 7.43. The molecule has 1 heterocycles. The Labute approximate surface area is 178 Å². The van der Waals surface area contributed by atoms with Crippen LogP contribution in [0.25, 0.3) is 46.1 Å². The zero-order valence-corrected chi connectivity index (χ0v) is 17.7. The molecule has 4 rings (SSSR count). The second kappa shape index (κ2) is 8.79. The van der Waals surface area contributed by atoms with Gasteiger partial charge in [0.25, 0.3) is 0 Å². The average molecular weight is 391 g/mol. The minimum absolute atomic E-state index is 0.882. The minimum atomic E-state index is 0.882. The van der Waals surface area contributed by atoms with E-state index in [1.807, 2.05) is 13.8 Å². The van der Waals surface area contributed by atoms with E-state index in [2.05, 4.69) is 109 Å². The lowest BCUT2D eigenvalue weighted by atomic mass is 10.0. The molecule has 0 spiro atoms. The first-order valence-electron chi connectivity index (χ1n) is 10.3. The predicted molar refractivity (Wildman–Crippen MR) is 129 cm³/mol. The van der Waals surface area contributed by atoms with Crippen LogP contribution >= 0.6 is 0 Å². The van der Waals surface area contributed by atoms with Crippen molar-refractivity contribution in [3.8, 4) is 33.9 Å². The summed E-state index contributed by atoms with van der Waals surface area (Å²) in [6, 6.07) is 25.5. The first-order chi connectivity index (χ1) is 14.7. The number of aryl methyl sites for hydroxylation is 1. The van der Waals surface area contributed by atoms with Crippen LogP contribution in [0.5, 0.6) is 0 Å². The Kier molecular flexibility index (Phi) is 5.76. The monoisotopic (exact) mass is 390 g/mol. The Morgan fingerprint density at radius 2 is 1.30 bits per heavy atom. The number of hydrogen-bond acceptors (Lipinski definition) is 1. The average Bonchev–Trinajstić information content (AvgIpc) is 3.21. The van der Waals surface area contributed by atoms with E-state index in [1.165, 1.54) is 16.7 Å². The molecule has 1 aromatic heterocycles. The zero-order valence-electron chi connectivity index (χ0n) is 17.7. The van der Waals surface area contributed by atoms with Gasteiger partial charge in [0.05, 0.1) is 11.4 Å². The third-order valence-electron chi connectivity index (χ3n) is 5.08. The number of rotatable bonds is 5. The lowest BCUT2D eigenvalue weighted by molar-refractivity contribution is 1.30. The van der Waals surface area contributed by atoms with Crippen molar-refractivity contribution in [2.75, 3.05) is 0 Å². The maximum atomic E-state index is 5.04. The van der Waals surface area contributed by atoms with Crippen LogP contribution in [-0.2, 0) is 0 Å². The summed E-state index contributed by atoms with van der Waals surface area (Å²) < 4.78 is 0. The molecule has 0 aliphatic carbocycles. The van der Waals surface area contributed by atoms with Gasteiger partial charge in [-0.1, -0.05) is 90.5 Å². The van der Waals surface area contributed by atoms with E-state index in [1.54, 1.807) is 0 Å². The van der Waals surface area contributed by atoms with E-state index < -0.39 is 0 Å². The molecule has 0 saturated heterocycles. The molecule has 2 nitrogen and oxygen atoms in total. The lowest BCUT2D eigenvalue weighted by Crippen LogP contribution is -1.86. The first-order valence-corrected chi connectivity index (χ1v) is 10.3. The van der Waals surface area contributed by atoms with Gasteiger partial charge in [-0.2, -0.15) is 0 Å². The Morgan fingerprint density at radius 3 is 1.93 bits per heavy atom. The number of nitrogens with one attached hydrogen (secondary N) is 1. The fraction of sp³-hybridized carbons (Fsp3) is 0.107. The van der Waals surface area contributed by atoms with Crippen LogP contribution in [0.3, 0.4) is 0 Å². The van der Waals surface area contributed by atoms with Gasteiger partial charge in [-0.05, 0) is 44.0 Å². The fourth-order valence-electron chi connectivity index (χ4n) is 3.61. The van der Waals surface area contributed by atoms with Crippen molar-refractivity contribution in [2.45, 2.75) is 20.8 Å². The van der Waals surface area contributed by atoms with Gasteiger partial charge in [-0.15, -0.1) is 0 Å². The van der Waals surface area contributed by atoms with Crippen molar-refractivity contribution in [1.82, 2.24) is 9.97 Å². The first kappa shape index (κ1) is 19.7. The summed E-state index contributed by atoms with van der Waals surface area (Å²) in [5.41, 5.74) is 8.91. The van der Waals surface area contributed by atoms with Gasteiger partial charge in [0.1, 0.15) is 5.82 Å². The molecule has 4 aromatic rings. The van der Waals surface area contributed by atoms with Crippen LogP contribution in [0.2, 0.25) is 0 Å². The van der Waals surface area contributed by atoms with Crippen molar-refractivity contribution in [3.63, 3.8) is 0 Å². The smallest absolute Gasteiger partial charge is 0.138 e. The number of aromatic nitrogens is 2. The standard InChI is InChI=1S/C28H26N2/c1-4-8-21-10-6-12-24(18-21)26-27(25-13-7-11-22(19-25)9-5-2)30-28(29-26)23-16-14-20(3)15-17-23/h4-19H,1-3H3,(H,29,30)/b8-4+,9-5+. The molecule has 1 N–H and O–H groups in total. The van der Waals surface area contributed by atoms with Crippen LogP contribution < -0.4 is 0 Å². The van der Waals surface area contributed by atoms with Crippen molar-refractivity contribution < 1.29 is 0 Å². The van der Waals surface area contributed by atoms with Crippen molar-refractivity contribution in [2.24, 2.45) is 0 Å². The Balaban J connectivity index is 1.90. The highest BCUT2D eigenvalue weighted by Crippen LogP contribution is 2.34. The zero-order chi connectivity index (χ0) is 20.9. The van der Waals surface area contributed by atoms with Gasteiger partial charge in [0.2, 0.25) is 0 Å². The second-order valence-corrected chi connectivity index (χ2v) is 7.43. The molecular weight excluding hydrogens is 364 g/mol. The summed E-state index contributed by atoms with van der Waals surface area (Å²) >= 11 is 0. The van der Waals surface area contributed by atoms with Gasteiger partial charge in [0, 0.05) is 16.7 Å². The van der Waals surface area contributed by atoms with E-state index >= 15 is 0 Å². The largest absolute Gasteiger partial charge is 0.337 e. The van der Waals surface area contributed by atoms with Crippen molar-refractivity contribution in [3.05, 3.63) is 102 Å². The number of H-pyrrole nitrogens is 1. The molecule has 148 valence electrons. The highest BCUT2D eigenvalue weighted by Gasteiger charge is 2.15. The number of hydrogen-bond donors (Lipinski definition) is 1. The molecule has 0 aliphatic heterocycles. The van der Waals surface area contributed by atoms with Gasteiger partial charge < -0.3 is 4.98 Å². The van der Waals surface area contributed by atoms with Crippen LogP contribution in [0.15, 0.2) is 84.9 Å². The molecule has 0 radical (unpaired) electrons. The van der Waals surface area contributed by atoms with Gasteiger partial charge in [0.15, 0.2) is 0 Å². The molecule has 0 unspecified atom stereocenters. The van der Waals surface area contributed by atoms with E-state index in [-0.39, 0.29) is 0 Å². The van der Waals surface area contributed by atoms with Crippen LogP contribution in [0, 0.1) is 6.92 Å². The SMILES string of the molecule is C/C=C/c1cccc(-c2nc(-c3ccc(C)cc3)[nH]c2-c2cccc(/C=C/C)c2)c1. The summed E-state index contributed by atoms with van der Waals surface area (Å²) in [5, 5.41) is 0. The van der Waals surface area contributed by atoms with Crippen LogP contribution in [-0.4, -0.2) is 9.97 Å². The summed E-state index contributed by atoms with van der Waals surface area (Å²) in [7, 11) is 0. The van der Waals surface area contributed by atoms with E-state index in [0.29, 0.717) is 0 Å². The van der Waals surface area contributed by atoms with Gasteiger partial charge in [-0.3, -0.25) is 0 Å². The Morgan fingerprint density at radius 1 is 0.700 bits per heavy atom. The van der Waals surface area contributed by atoms with Gasteiger partial charge in [-0.25, -0.2) is 4.98 Å². The predicted octanol–water partition coefficient (Wildman–Crippen LogP) is 7.79. The van der Waals surface area contributed by atoms with E-state index in [4.69, 9.17) is 4.98 Å². The molecule has 0 atom stereocenters. The van der Waals surface area contributed by atoms with Gasteiger partial charge >= 0.3 is 0 Å². The third kappa shape index (κ3) is 4.18. The number of allylic oxidation sites excluding steroid dienone is 2. The van der Waals surface area contributed by atoms with Crippen LogP contribution in [0.4, 0.5) is 0 Å². The summed E-state index contributed by atoms with van der Waals surface area (Å²) in [6.07, 6.45) is 8.35. The van der Waals surface area contributed by atoms with Crippen molar-refractivity contribution >= 4 is 12.2 Å². The highest BCUT2D eigenvalue weighted by molar-refractivity contribution is 5.83. The number of benzene rings is 3.